The topological polar surface area (TPSA) is 43.8 Å². The van der Waals surface area contributed by atoms with E-state index in [0.717, 1.165) is 17.0 Å². The lowest BCUT2D eigenvalue weighted by molar-refractivity contribution is 0.728. The predicted octanol–water partition coefficient (Wildman–Crippen LogP) is 2.15. The Morgan fingerprint density at radius 1 is 1.47 bits per heavy atom. The number of aryl methyl sites for hydroxylation is 2. The maximum Gasteiger partial charge on any atom is 0.0647 e. The minimum Gasteiger partial charge on any atom is -0.320 e. The molecule has 2 aromatic rings. The standard InChI is InChI=1S/C11H15N3S/c1-7-10(8(2)14(3)13-7)11(12)9-4-5-15-6-9/h4-6,11H,12H2,1-3H3. The van der Waals surface area contributed by atoms with Crippen LogP contribution in [0.2, 0.25) is 0 Å². The van der Waals surface area contributed by atoms with E-state index in [2.05, 4.69) is 28.8 Å². The zero-order valence-corrected chi connectivity index (χ0v) is 10.0. The molecule has 3 nitrogen and oxygen atoms in total. The van der Waals surface area contributed by atoms with Gasteiger partial charge >= 0.3 is 0 Å². The summed E-state index contributed by atoms with van der Waals surface area (Å²) >= 11 is 1.67. The molecule has 0 saturated carbocycles. The first kappa shape index (κ1) is 10.4. The van der Waals surface area contributed by atoms with Crippen LogP contribution in [0.3, 0.4) is 0 Å². The van der Waals surface area contributed by atoms with Crippen molar-refractivity contribution in [1.29, 1.82) is 0 Å². The molecule has 0 aliphatic rings. The van der Waals surface area contributed by atoms with Gasteiger partial charge in [-0.25, -0.2) is 0 Å². The summed E-state index contributed by atoms with van der Waals surface area (Å²) in [6.07, 6.45) is 0. The first-order valence-corrected chi connectivity index (χ1v) is 5.83. The molecule has 1 atom stereocenters. The van der Waals surface area contributed by atoms with Crippen molar-refractivity contribution >= 4 is 11.3 Å². The van der Waals surface area contributed by atoms with Crippen molar-refractivity contribution in [3.05, 3.63) is 39.3 Å². The van der Waals surface area contributed by atoms with Gasteiger partial charge in [0.1, 0.15) is 0 Å². The number of aromatic nitrogens is 2. The summed E-state index contributed by atoms with van der Waals surface area (Å²) in [4.78, 5) is 0. The lowest BCUT2D eigenvalue weighted by Gasteiger charge is -2.10. The average Bonchev–Trinajstić information content (AvgIpc) is 2.76. The van der Waals surface area contributed by atoms with Crippen LogP contribution < -0.4 is 5.73 Å². The van der Waals surface area contributed by atoms with Gasteiger partial charge in [-0.05, 0) is 36.2 Å². The van der Waals surface area contributed by atoms with E-state index in [4.69, 9.17) is 5.73 Å². The summed E-state index contributed by atoms with van der Waals surface area (Å²) in [7, 11) is 1.95. The fourth-order valence-corrected chi connectivity index (χ4v) is 2.56. The lowest BCUT2D eigenvalue weighted by atomic mass is 10.0. The van der Waals surface area contributed by atoms with Gasteiger partial charge in [-0.1, -0.05) is 0 Å². The Labute approximate surface area is 93.5 Å². The molecule has 0 fully saturated rings. The Balaban J connectivity index is 2.46. The van der Waals surface area contributed by atoms with E-state index in [1.807, 2.05) is 18.7 Å². The molecule has 0 bridgehead atoms. The molecule has 0 saturated heterocycles. The maximum absolute atomic E-state index is 6.23. The summed E-state index contributed by atoms with van der Waals surface area (Å²) in [5.41, 5.74) is 10.7. The van der Waals surface area contributed by atoms with Crippen molar-refractivity contribution in [2.75, 3.05) is 0 Å². The second-order valence-electron chi connectivity index (χ2n) is 3.74. The van der Waals surface area contributed by atoms with Crippen LogP contribution in [0.4, 0.5) is 0 Å². The smallest absolute Gasteiger partial charge is 0.0647 e. The van der Waals surface area contributed by atoms with Crippen molar-refractivity contribution in [3.8, 4) is 0 Å². The Morgan fingerprint density at radius 3 is 2.67 bits per heavy atom. The highest BCUT2D eigenvalue weighted by molar-refractivity contribution is 7.08. The minimum absolute atomic E-state index is 0.0510. The van der Waals surface area contributed by atoms with Crippen molar-refractivity contribution in [2.45, 2.75) is 19.9 Å². The number of hydrogen-bond acceptors (Lipinski definition) is 3. The summed E-state index contributed by atoms with van der Waals surface area (Å²) in [6, 6.07) is 2.02. The highest BCUT2D eigenvalue weighted by atomic mass is 32.1. The number of nitrogens with two attached hydrogens (primary N) is 1. The largest absolute Gasteiger partial charge is 0.320 e. The highest BCUT2D eigenvalue weighted by Crippen LogP contribution is 2.26. The second kappa shape index (κ2) is 3.79. The van der Waals surface area contributed by atoms with Crippen LogP contribution in [0, 0.1) is 13.8 Å². The van der Waals surface area contributed by atoms with Gasteiger partial charge in [0, 0.05) is 18.3 Å². The zero-order valence-electron chi connectivity index (χ0n) is 9.19. The van der Waals surface area contributed by atoms with Crippen LogP contribution in [0.25, 0.3) is 0 Å². The summed E-state index contributed by atoms with van der Waals surface area (Å²) in [6.45, 7) is 4.07. The van der Waals surface area contributed by atoms with E-state index < -0.39 is 0 Å². The Morgan fingerprint density at radius 2 is 2.20 bits per heavy atom. The minimum atomic E-state index is -0.0510. The number of hydrogen-bond donors (Lipinski definition) is 1. The van der Waals surface area contributed by atoms with E-state index in [1.54, 1.807) is 11.3 Å². The molecule has 0 aromatic carbocycles. The van der Waals surface area contributed by atoms with Gasteiger partial charge in [0.25, 0.3) is 0 Å². The molecule has 0 aliphatic heterocycles. The van der Waals surface area contributed by atoms with Gasteiger partial charge in [-0.2, -0.15) is 16.4 Å². The van der Waals surface area contributed by atoms with Gasteiger partial charge in [-0.15, -0.1) is 0 Å². The van der Waals surface area contributed by atoms with Crippen molar-refractivity contribution in [3.63, 3.8) is 0 Å². The van der Waals surface area contributed by atoms with E-state index in [1.165, 1.54) is 5.56 Å². The quantitative estimate of drug-likeness (QED) is 0.844. The van der Waals surface area contributed by atoms with Gasteiger partial charge in [0.05, 0.1) is 11.7 Å². The third-order valence-electron chi connectivity index (χ3n) is 2.78. The fraction of sp³-hybridized carbons (Fsp3) is 0.364. The molecule has 2 heterocycles. The molecular weight excluding hydrogens is 206 g/mol. The zero-order chi connectivity index (χ0) is 11.0. The third-order valence-corrected chi connectivity index (χ3v) is 3.48. The van der Waals surface area contributed by atoms with E-state index >= 15 is 0 Å². The van der Waals surface area contributed by atoms with Crippen LogP contribution >= 0.6 is 11.3 Å². The Kier molecular flexibility index (Phi) is 2.63. The molecule has 0 spiro atoms. The van der Waals surface area contributed by atoms with Crippen LogP contribution in [0.5, 0.6) is 0 Å². The van der Waals surface area contributed by atoms with Gasteiger partial charge < -0.3 is 5.73 Å². The normalized spacial score (nSPS) is 13.1. The first-order chi connectivity index (χ1) is 7.11. The van der Waals surface area contributed by atoms with E-state index in [0.29, 0.717) is 0 Å². The van der Waals surface area contributed by atoms with Crippen LogP contribution in [-0.2, 0) is 7.05 Å². The van der Waals surface area contributed by atoms with Crippen LogP contribution in [0.15, 0.2) is 16.8 Å². The van der Waals surface area contributed by atoms with E-state index in [9.17, 15) is 0 Å². The Bertz CT molecular complexity index is 456. The SMILES string of the molecule is Cc1nn(C)c(C)c1C(N)c1ccsc1. The summed E-state index contributed by atoms with van der Waals surface area (Å²) < 4.78 is 1.89. The molecule has 2 aromatic heterocycles. The summed E-state index contributed by atoms with van der Waals surface area (Å²) in [5.74, 6) is 0. The molecule has 0 amide bonds. The van der Waals surface area contributed by atoms with Crippen LogP contribution in [0.1, 0.15) is 28.6 Å². The van der Waals surface area contributed by atoms with Gasteiger partial charge in [0.2, 0.25) is 0 Å². The first-order valence-electron chi connectivity index (χ1n) is 4.89. The molecule has 0 radical (unpaired) electrons. The molecular formula is C11H15N3S. The van der Waals surface area contributed by atoms with Crippen molar-refractivity contribution < 1.29 is 0 Å². The Hall–Kier alpha value is -1.13. The third kappa shape index (κ3) is 1.70. The number of rotatable bonds is 2. The fourth-order valence-electron chi connectivity index (χ4n) is 1.86. The molecule has 2 rings (SSSR count). The average molecular weight is 221 g/mol. The molecule has 1 unspecified atom stereocenters. The molecule has 2 N–H and O–H groups in total. The van der Waals surface area contributed by atoms with Crippen LogP contribution in [-0.4, -0.2) is 9.78 Å². The van der Waals surface area contributed by atoms with Crippen molar-refractivity contribution in [2.24, 2.45) is 12.8 Å². The number of nitrogens with zero attached hydrogens (tertiary/aromatic N) is 2. The number of thiophene rings is 1. The van der Waals surface area contributed by atoms with Gasteiger partial charge in [0.15, 0.2) is 0 Å². The monoisotopic (exact) mass is 221 g/mol. The second-order valence-corrected chi connectivity index (χ2v) is 4.52. The van der Waals surface area contributed by atoms with Crippen molar-refractivity contribution in [1.82, 2.24) is 9.78 Å². The maximum atomic E-state index is 6.23. The highest BCUT2D eigenvalue weighted by Gasteiger charge is 2.18. The lowest BCUT2D eigenvalue weighted by Crippen LogP contribution is -2.13. The molecule has 4 heteroatoms. The predicted molar refractivity (Wildman–Crippen MR) is 63.0 cm³/mol. The van der Waals surface area contributed by atoms with E-state index in [-0.39, 0.29) is 6.04 Å². The summed E-state index contributed by atoms with van der Waals surface area (Å²) in [5, 5.41) is 8.53. The molecule has 15 heavy (non-hydrogen) atoms. The molecule has 80 valence electrons. The van der Waals surface area contributed by atoms with Gasteiger partial charge in [-0.3, -0.25) is 4.68 Å². The molecule has 0 aliphatic carbocycles.